The van der Waals surface area contributed by atoms with Crippen LogP contribution in [0.4, 0.5) is 27.5 Å². The Hall–Kier alpha value is -2.57. The number of aromatic nitrogens is 2. The summed E-state index contributed by atoms with van der Waals surface area (Å²) in [6.45, 7) is 1.77. The Morgan fingerprint density at radius 2 is 2.11 bits per heavy atom. The number of hydrogen-bond donors (Lipinski definition) is 2. The predicted octanol–water partition coefficient (Wildman–Crippen LogP) is 2.65. The van der Waals surface area contributed by atoms with Crippen LogP contribution in [-0.4, -0.2) is 9.97 Å². The molecule has 0 aliphatic rings. The topological polar surface area (TPSA) is 93.3 Å². The zero-order valence-corrected chi connectivity index (χ0v) is 9.51. The van der Waals surface area contributed by atoms with Gasteiger partial charge >= 0.3 is 0 Å². The molecular formula is C11H10FN5O. The van der Waals surface area contributed by atoms with E-state index < -0.39 is 5.82 Å². The normalized spacial score (nSPS) is 10.1. The van der Waals surface area contributed by atoms with E-state index >= 15 is 0 Å². The van der Waals surface area contributed by atoms with Gasteiger partial charge in [0, 0.05) is 17.4 Å². The van der Waals surface area contributed by atoms with Crippen LogP contribution in [0.25, 0.3) is 0 Å². The minimum atomic E-state index is -0.700. The molecule has 7 heteroatoms. The van der Waals surface area contributed by atoms with Gasteiger partial charge in [0.05, 0.1) is 0 Å². The van der Waals surface area contributed by atoms with Gasteiger partial charge in [0.1, 0.15) is 11.5 Å². The molecule has 92 valence electrons. The first kappa shape index (κ1) is 11.9. The average Bonchev–Trinajstić information content (AvgIpc) is 2.27. The number of nitroso groups, excluding NO2 is 1. The number of nitrogens with one attached hydrogen (secondary N) is 1. The lowest BCUT2D eigenvalue weighted by Crippen LogP contribution is -2.01. The maximum Gasteiger partial charge on any atom is 0.222 e. The first-order chi connectivity index (χ1) is 8.58. The number of rotatable bonds is 3. The minimum absolute atomic E-state index is 0.129. The average molecular weight is 247 g/mol. The highest BCUT2D eigenvalue weighted by molar-refractivity contribution is 5.60. The Balaban J connectivity index is 2.28. The Morgan fingerprint density at radius 3 is 2.72 bits per heavy atom. The lowest BCUT2D eigenvalue weighted by molar-refractivity contribution is 0.630. The van der Waals surface area contributed by atoms with E-state index in [0.717, 1.165) is 6.07 Å². The van der Waals surface area contributed by atoms with Crippen molar-refractivity contribution in [2.24, 2.45) is 5.18 Å². The van der Waals surface area contributed by atoms with Gasteiger partial charge in [0.2, 0.25) is 5.95 Å². The molecule has 0 saturated heterocycles. The van der Waals surface area contributed by atoms with Gasteiger partial charge in [-0.15, -0.1) is 4.91 Å². The molecule has 0 radical (unpaired) electrons. The summed E-state index contributed by atoms with van der Waals surface area (Å²) in [4.78, 5) is 18.1. The van der Waals surface area contributed by atoms with E-state index in [1.54, 1.807) is 13.0 Å². The fraction of sp³-hybridized carbons (Fsp3) is 0.0909. The van der Waals surface area contributed by atoms with Gasteiger partial charge in [-0.1, -0.05) is 0 Å². The van der Waals surface area contributed by atoms with E-state index in [4.69, 9.17) is 5.73 Å². The zero-order chi connectivity index (χ0) is 13.1. The van der Waals surface area contributed by atoms with E-state index in [1.165, 1.54) is 12.1 Å². The summed E-state index contributed by atoms with van der Waals surface area (Å²) >= 11 is 0. The molecule has 1 aromatic carbocycles. The standard InChI is InChI=1S/C11H10FN5O/c1-6-4-10(16-11(13)14-6)15-7-2-3-9(17-18)8(12)5-7/h2-5H,1H3,(H3,13,14,15,16). The number of aryl methyl sites for hydroxylation is 1. The second kappa shape index (κ2) is 4.74. The predicted molar refractivity (Wildman–Crippen MR) is 66.3 cm³/mol. The van der Waals surface area contributed by atoms with Crippen molar-refractivity contribution in [1.29, 1.82) is 0 Å². The highest BCUT2D eigenvalue weighted by atomic mass is 19.1. The monoisotopic (exact) mass is 247 g/mol. The van der Waals surface area contributed by atoms with Crippen LogP contribution in [-0.2, 0) is 0 Å². The number of nitrogens with two attached hydrogens (primary N) is 1. The van der Waals surface area contributed by atoms with Crippen LogP contribution in [0, 0.1) is 17.6 Å². The van der Waals surface area contributed by atoms with Crippen molar-refractivity contribution in [1.82, 2.24) is 9.97 Å². The van der Waals surface area contributed by atoms with Crippen LogP contribution in [0.1, 0.15) is 5.69 Å². The number of benzene rings is 1. The van der Waals surface area contributed by atoms with Crippen molar-refractivity contribution in [2.75, 3.05) is 11.1 Å². The van der Waals surface area contributed by atoms with Gasteiger partial charge in [-0.05, 0) is 30.3 Å². The molecular weight excluding hydrogens is 237 g/mol. The molecule has 3 N–H and O–H groups in total. The third-order valence-corrected chi connectivity index (χ3v) is 2.19. The van der Waals surface area contributed by atoms with Crippen molar-refractivity contribution in [3.8, 4) is 0 Å². The highest BCUT2D eigenvalue weighted by Crippen LogP contribution is 2.23. The molecule has 0 amide bonds. The third kappa shape index (κ3) is 2.57. The van der Waals surface area contributed by atoms with Gasteiger partial charge in [-0.2, -0.15) is 4.98 Å². The summed E-state index contributed by atoms with van der Waals surface area (Å²) in [6.07, 6.45) is 0. The maximum atomic E-state index is 13.3. The first-order valence-electron chi connectivity index (χ1n) is 5.09. The van der Waals surface area contributed by atoms with Crippen LogP contribution < -0.4 is 11.1 Å². The van der Waals surface area contributed by atoms with Crippen molar-refractivity contribution in [3.05, 3.63) is 40.7 Å². The lowest BCUT2D eigenvalue weighted by Gasteiger charge is -2.07. The molecule has 0 unspecified atom stereocenters. The van der Waals surface area contributed by atoms with E-state index in [-0.39, 0.29) is 11.6 Å². The fourth-order valence-electron chi connectivity index (χ4n) is 1.46. The molecule has 2 rings (SSSR count). The molecule has 0 fully saturated rings. The maximum absolute atomic E-state index is 13.3. The summed E-state index contributed by atoms with van der Waals surface area (Å²) in [7, 11) is 0. The zero-order valence-electron chi connectivity index (χ0n) is 9.51. The molecule has 0 saturated carbocycles. The van der Waals surface area contributed by atoms with Gasteiger partial charge < -0.3 is 11.1 Å². The van der Waals surface area contributed by atoms with E-state index in [1.807, 2.05) is 0 Å². The Kier molecular flexibility index (Phi) is 3.13. The quantitative estimate of drug-likeness (QED) is 0.813. The molecule has 0 atom stereocenters. The fourth-order valence-corrected chi connectivity index (χ4v) is 1.46. The molecule has 0 bridgehead atoms. The summed E-state index contributed by atoms with van der Waals surface area (Å²) in [6, 6.07) is 5.63. The van der Waals surface area contributed by atoms with Crippen LogP contribution in [0.5, 0.6) is 0 Å². The first-order valence-corrected chi connectivity index (χ1v) is 5.09. The van der Waals surface area contributed by atoms with Gasteiger partial charge in [0.15, 0.2) is 5.82 Å². The van der Waals surface area contributed by atoms with Crippen molar-refractivity contribution >= 4 is 23.1 Å². The number of hydrogen-bond acceptors (Lipinski definition) is 6. The van der Waals surface area contributed by atoms with Gasteiger partial charge in [-0.3, -0.25) is 0 Å². The minimum Gasteiger partial charge on any atom is -0.368 e. The SMILES string of the molecule is Cc1cc(Nc2ccc(N=O)c(F)c2)nc(N)n1. The Labute approximate surface area is 102 Å². The van der Waals surface area contributed by atoms with Crippen molar-refractivity contribution in [3.63, 3.8) is 0 Å². The summed E-state index contributed by atoms with van der Waals surface area (Å²) < 4.78 is 13.3. The van der Waals surface area contributed by atoms with Crippen molar-refractivity contribution in [2.45, 2.75) is 6.92 Å². The van der Waals surface area contributed by atoms with Gasteiger partial charge in [0.25, 0.3) is 0 Å². The number of anilines is 3. The Bertz CT molecular complexity index is 582. The van der Waals surface area contributed by atoms with Gasteiger partial charge in [-0.25, -0.2) is 9.37 Å². The van der Waals surface area contributed by atoms with Crippen LogP contribution in [0.2, 0.25) is 0 Å². The lowest BCUT2D eigenvalue weighted by atomic mass is 10.2. The molecule has 0 spiro atoms. The van der Waals surface area contributed by atoms with Crippen LogP contribution in [0.3, 0.4) is 0 Å². The third-order valence-electron chi connectivity index (χ3n) is 2.19. The number of nitrogen functional groups attached to an aromatic ring is 1. The second-order valence-electron chi connectivity index (χ2n) is 3.64. The van der Waals surface area contributed by atoms with E-state index in [2.05, 4.69) is 20.5 Å². The largest absolute Gasteiger partial charge is 0.368 e. The molecule has 18 heavy (non-hydrogen) atoms. The molecule has 6 nitrogen and oxygen atoms in total. The Morgan fingerprint density at radius 1 is 1.33 bits per heavy atom. The molecule has 1 aromatic heterocycles. The van der Waals surface area contributed by atoms with Crippen LogP contribution >= 0.6 is 0 Å². The number of halogens is 1. The molecule has 2 aromatic rings. The molecule has 1 heterocycles. The highest BCUT2D eigenvalue weighted by Gasteiger charge is 2.05. The summed E-state index contributed by atoms with van der Waals surface area (Å²) in [5, 5.41) is 5.41. The summed E-state index contributed by atoms with van der Waals surface area (Å²) in [5.41, 5.74) is 6.39. The smallest absolute Gasteiger partial charge is 0.222 e. The molecule has 0 aliphatic heterocycles. The summed E-state index contributed by atoms with van der Waals surface area (Å²) in [5.74, 6) is -0.121. The van der Waals surface area contributed by atoms with Crippen LogP contribution in [0.15, 0.2) is 29.4 Å². The molecule has 0 aliphatic carbocycles. The number of nitrogens with zero attached hydrogens (tertiary/aromatic N) is 3. The van der Waals surface area contributed by atoms with E-state index in [9.17, 15) is 9.30 Å². The van der Waals surface area contributed by atoms with E-state index in [0.29, 0.717) is 17.2 Å². The second-order valence-corrected chi connectivity index (χ2v) is 3.64. The van der Waals surface area contributed by atoms with Crippen molar-refractivity contribution < 1.29 is 4.39 Å².